The maximum absolute atomic E-state index is 12.5. The molecule has 2 rings (SSSR count). The molecule has 130 valence electrons. The van der Waals surface area contributed by atoms with Crippen LogP contribution in [0.15, 0.2) is 35.5 Å². The minimum absolute atomic E-state index is 0.0690. The summed E-state index contributed by atoms with van der Waals surface area (Å²) in [7, 11) is 0. The van der Waals surface area contributed by atoms with Crippen LogP contribution < -0.4 is 10.6 Å². The van der Waals surface area contributed by atoms with Gasteiger partial charge in [-0.25, -0.2) is 9.59 Å². The molecule has 0 radical (unpaired) electrons. The van der Waals surface area contributed by atoms with E-state index < -0.39 is 12.0 Å². The van der Waals surface area contributed by atoms with Gasteiger partial charge in [0.2, 0.25) is 0 Å². The van der Waals surface area contributed by atoms with Gasteiger partial charge in [-0.1, -0.05) is 23.7 Å². The highest BCUT2D eigenvalue weighted by atomic mass is 35.5. The Morgan fingerprint density at radius 3 is 2.75 bits per heavy atom. The first kappa shape index (κ1) is 18.3. The van der Waals surface area contributed by atoms with Crippen molar-refractivity contribution in [3.05, 3.63) is 46.1 Å². The van der Waals surface area contributed by atoms with E-state index in [1.54, 1.807) is 31.2 Å². The molecule has 1 unspecified atom stereocenters. The Kier molecular flexibility index (Phi) is 6.23. The number of urea groups is 1. The molecule has 0 bridgehead atoms. The zero-order valence-electron chi connectivity index (χ0n) is 13.9. The van der Waals surface area contributed by atoms with Crippen LogP contribution in [0.3, 0.4) is 0 Å². The number of benzene rings is 1. The van der Waals surface area contributed by atoms with Crippen molar-refractivity contribution in [3.63, 3.8) is 0 Å². The zero-order valence-corrected chi connectivity index (χ0v) is 14.6. The summed E-state index contributed by atoms with van der Waals surface area (Å²) in [5, 5.41) is 5.85. The molecule has 0 saturated heterocycles. The van der Waals surface area contributed by atoms with Gasteiger partial charge < -0.3 is 20.1 Å². The fraction of sp³-hybridized carbons (Fsp3) is 0.412. The summed E-state index contributed by atoms with van der Waals surface area (Å²) in [6.45, 7) is 5.94. The number of hydrogen-bond acceptors (Lipinski definition) is 4. The summed E-state index contributed by atoms with van der Waals surface area (Å²) < 4.78 is 10.6. The first-order chi connectivity index (χ1) is 11.4. The lowest BCUT2D eigenvalue weighted by molar-refractivity contribution is -0.141. The maximum Gasteiger partial charge on any atom is 0.338 e. The number of nitrogens with one attached hydrogen (secondary N) is 2. The summed E-state index contributed by atoms with van der Waals surface area (Å²) in [5.41, 5.74) is 1.52. The molecule has 7 heteroatoms. The van der Waals surface area contributed by atoms with E-state index in [2.05, 4.69) is 10.6 Å². The van der Waals surface area contributed by atoms with E-state index in [4.69, 9.17) is 21.1 Å². The van der Waals surface area contributed by atoms with E-state index in [1.165, 1.54) is 0 Å². The molecule has 0 fully saturated rings. The molecule has 1 aromatic carbocycles. The fourth-order valence-corrected chi connectivity index (χ4v) is 2.60. The largest absolute Gasteiger partial charge is 0.460 e. The Labute approximate surface area is 146 Å². The van der Waals surface area contributed by atoms with Crippen LogP contribution in [0, 0.1) is 0 Å². The van der Waals surface area contributed by atoms with Crippen LogP contribution in [0.1, 0.15) is 32.4 Å². The number of rotatable bonds is 6. The van der Waals surface area contributed by atoms with E-state index in [1.807, 2.05) is 13.8 Å². The van der Waals surface area contributed by atoms with Gasteiger partial charge in [0.1, 0.15) is 6.61 Å². The second-order valence-corrected chi connectivity index (χ2v) is 6.12. The van der Waals surface area contributed by atoms with E-state index in [-0.39, 0.29) is 18.7 Å². The normalized spacial score (nSPS) is 17.5. The average Bonchev–Trinajstić information content (AvgIpc) is 2.50. The minimum atomic E-state index is -0.615. The smallest absolute Gasteiger partial charge is 0.338 e. The lowest BCUT2D eigenvalue weighted by atomic mass is 9.96. The number of esters is 1. The molecule has 0 aromatic heterocycles. The van der Waals surface area contributed by atoms with Crippen LogP contribution in [0.25, 0.3) is 0 Å². The number of carbonyl (C=O) groups excluding carboxylic acids is 2. The summed E-state index contributed by atoms with van der Waals surface area (Å²) in [5.74, 6) is -0.502. The highest BCUT2D eigenvalue weighted by Gasteiger charge is 2.32. The predicted molar refractivity (Wildman–Crippen MR) is 90.6 cm³/mol. The van der Waals surface area contributed by atoms with Gasteiger partial charge in [-0.15, -0.1) is 0 Å². The monoisotopic (exact) mass is 352 g/mol. The van der Waals surface area contributed by atoms with Gasteiger partial charge in [-0.2, -0.15) is 0 Å². The van der Waals surface area contributed by atoms with Crippen LogP contribution >= 0.6 is 11.6 Å². The standard InChI is InChI=1S/C17H21ClN2O4/c1-10(2)23-7-8-24-16(21)14-11(3)19-17(22)20-15(14)12-5-4-6-13(18)9-12/h4-6,9-10,15H,7-8H2,1-3H3,(H2,19,20,22). The molecule has 6 nitrogen and oxygen atoms in total. The first-order valence-corrected chi connectivity index (χ1v) is 8.08. The number of halogens is 1. The Morgan fingerprint density at radius 2 is 2.08 bits per heavy atom. The quantitative estimate of drug-likeness (QED) is 0.609. The Morgan fingerprint density at radius 1 is 1.33 bits per heavy atom. The van der Waals surface area contributed by atoms with Crippen LogP contribution in [-0.2, 0) is 14.3 Å². The van der Waals surface area contributed by atoms with Crippen molar-refractivity contribution in [1.29, 1.82) is 0 Å². The van der Waals surface area contributed by atoms with Crippen LogP contribution in [0.2, 0.25) is 5.02 Å². The van der Waals surface area contributed by atoms with Crippen molar-refractivity contribution in [1.82, 2.24) is 10.6 Å². The molecule has 1 aliphatic rings. The number of hydrogen-bond donors (Lipinski definition) is 2. The third kappa shape index (κ3) is 4.72. The molecule has 1 aromatic rings. The Bertz CT molecular complexity index is 658. The lowest BCUT2D eigenvalue weighted by Gasteiger charge is -2.28. The van der Waals surface area contributed by atoms with Gasteiger partial charge >= 0.3 is 12.0 Å². The molecule has 1 atom stereocenters. The average molecular weight is 353 g/mol. The van der Waals surface area contributed by atoms with Crippen molar-refractivity contribution in [2.24, 2.45) is 0 Å². The molecule has 2 N–H and O–H groups in total. The third-order valence-corrected chi connectivity index (χ3v) is 3.67. The molecule has 0 saturated carbocycles. The van der Waals surface area contributed by atoms with Crippen molar-refractivity contribution in [2.45, 2.75) is 32.9 Å². The van der Waals surface area contributed by atoms with Gasteiger partial charge in [0, 0.05) is 10.7 Å². The second kappa shape index (κ2) is 8.17. The molecule has 1 heterocycles. The fourth-order valence-electron chi connectivity index (χ4n) is 2.40. The summed E-state index contributed by atoms with van der Waals surface area (Å²) in [6, 6.07) is 6.00. The number of allylic oxidation sites excluding steroid dienone is 1. The molecular weight excluding hydrogens is 332 g/mol. The van der Waals surface area contributed by atoms with E-state index in [0.717, 1.165) is 0 Å². The van der Waals surface area contributed by atoms with Crippen LogP contribution in [0.5, 0.6) is 0 Å². The molecule has 2 amide bonds. The van der Waals surface area contributed by atoms with Crippen molar-refractivity contribution in [3.8, 4) is 0 Å². The summed E-state index contributed by atoms with van der Waals surface area (Å²) in [4.78, 5) is 24.3. The van der Waals surface area contributed by atoms with Crippen molar-refractivity contribution >= 4 is 23.6 Å². The summed E-state index contributed by atoms with van der Waals surface area (Å²) in [6.07, 6.45) is 0.0690. The molecular formula is C17H21ClN2O4. The van der Waals surface area contributed by atoms with E-state index in [9.17, 15) is 9.59 Å². The van der Waals surface area contributed by atoms with Gasteiger partial charge in [0.25, 0.3) is 0 Å². The van der Waals surface area contributed by atoms with Crippen LogP contribution in [0.4, 0.5) is 4.79 Å². The second-order valence-electron chi connectivity index (χ2n) is 5.68. The van der Waals surface area contributed by atoms with E-state index in [0.29, 0.717) is 28.5 Å². The number of amides is 2. The predicted octanol–water partition coefficient (Wildman–Crippen LogP) is 2.94. The highest BCUT2D eigenvalue weighted by molar-refractivity contribution is 6.30. The zero-order chi connectivity index (χ0) is 17.7. The summed E-state index contributed by atoms with van der Waals surface area (Å²) >= 11 is 6.02. The topological polar surface area (TPSA) is 76.7 Å². The van der Waals surface area contributed by atoms with Gasteiger partial charge in [-0.3, -0.25) is 0 Å². The third-order valence-electron chi connectivity index (χ3n) is 3.44. The lowest BCUT2D eigenvalue weighted by Crippen LogP contribution is -2.45. The van der Waals surface area contributed by atoms with Crippen LogP contribution in [-0.4, -0.2) is 31.3 Å². The van der Waals surface area contributed by atoms with Gasteiger partial charge in [-0.05, 0) is 38.5 Å². The van der Waals surface area contributed by atoms with Crippen molar-refractivity contribution < 1.29 is 19.1 Å². The van der Waals surface area contributed by atoms with Gasteiger partial charge in [0.15, 0.2) is 0 Å². The first-order valence-electron chi connectivity index (χ1n) is 7.71. The highest BCUT2D eigenvalue weighted by Crippen LogP contribution is 2.28. The SMILES string of the molecule is CC1=C(C(=O)OCCOC(C)C)C(c2cccc(Cl)c2)NC(=O)N1. The maximum atomic E-state index is 12.5. The Hall–Kier alpha value is -2.05. The van der Waals surface area contributed by atoms with Gasteiger partial charge in [0.05, 0.1) is 24.3 Å². The van der Waals surface area contributed by atoms with E-state index >= 15 is 0 Å². The number of carbonyl (C=O) groups is 2. The molecule has 24 heavy (non-hydrogen) atoms. The van der Waals surface area contributed by atoms with Crippen molar-refractivity contribution in [2.75, 3.05) is 13.2 Å². The number of ether oxygens (including phenoxy) is 2. The molecule has 1 aliphatic heterocycles. The minimum Gasteiger partial charge on any atom is -0.460 e. The molecule has 0 aliphatic carbocycles. The molecule has 0 spiro atoms. The Balaban J connectivity index is 2.17.